The van der Waals surface area contributed by atoms with E-state index < -0.39 is 12.0 Å². The molecule has 6 heteroatoms. The number of nitrogens with two attached hydrogens (primary N) is 1. The zero-order valence-corrected chi connectivity index (χ0v) is 10.2. The van der Waals surface area contributed by atoms with E-state index in [1.807, 2.05) is 0 Å². The number of aliphatic hydroxyl groups excluding tert-OH is 1. The number of aromatic carboxylic acids is 1. The number of hydrogen-bond acceptors (Lipinski definition) is 4. The summed E-state index contributed by atoms with van der Waals surface area (Å²) in [6.45, 7) is 1.50. The van der Waals surface area contributed by atoms with E-state index >= 15 is 0 Å². The van der Waals surface area contributed by atoms with Crippen LogP contribution in [0.1, 0.15) is 33.9 Å². The molecule has 5 N–H and O–H groups in total. The second kappa shape index (κ2) is 6.44. The summed E-state index contributed by atoms with van der Waals surface area (Å²) in [7, 11) is 0. The second-order valence-electron chi connectivity index (χ2n) is 3.62. The molecule has 0 unspecified atom stereocenters. The van der Waals surface area contributed by atoms with Crippen LogP contribution in [0, 0.1) is 6.92 Å². The Kier molecular flexibility index (Phi) is 5.95. The number of aliphatic hydroxyl groups is 1. The van der Waals surface area contributed by atoms with Gasteiger partial charge in [-0.2, -0.15) is 0 Å². The van der Waals surface area contributed by atoms with E-state index in [-0.39, 0.29) is 42.3 Å². The number of halogens is 1. The van der Waals surface area contributed by atoms with Crippen LogP contribution >= 0.6 is 12.4 Å². The third kappa shape index (κ3) is 3.33. The van der Waals surface area contributed by atoms with Crippen molar-refractivity contribution in [1.82, 2.24) is 0 Å². The maximum atomic E-state index is 11.0. The first-order valence-corrected chi connectivity index (χ1v) is 4.91. The lowest BCUT2D eigenvalue weighted by Crippen LogP contribution is -2.17. The van der Waals surface area contributed by atoms with Crippen molar-refractivity contribution in [1.29, 1.82) is 0 Å². The highest BCUT2D eigenvalue weighted by Crippen LogP contribution is 2.31. The number of phenols is 1. The van der Waals surface area contributed by atoms with Crippen LogP contribution in [0.2, 0.25) is 0 Å². The van der Waals surface area contributed by atoms with Gasteiger partial charge in [0.1, 0.15) is 5.75 Å². The molecular formula is C11H16ClNO4. The van der Waals surface area contributed by atoms with Crippen molar-refractivity contribution in [3.63, 3.8) is 0 Å². The molecule has 17 heavy (non-hydrogen) atoms. The minimum Gasteiger partial charge on any atom is -0.507 e. The van der Waals surface area contributed by atoms with Crippen molar-refractivity contribution >= 4 is 18.4 Å². The molecule has 5 nitrogen and oxygen atoms in total. The summed E-state index contributed by atoms with van der Waals surface area (Å²) < 4.78 is 0. The highest BCUT2D eigenvalue weighted by atomic mass is 35.5. The predicted molar refractivity (Wildman–Crippen MR) is 65.7 cm³/mol. The fourth-order valence-corrected chi connectivity index (χ4v) is 1.56. The Morgan fingerprint density at radius 2 is 2.06 bits per heavy atom. The van der Waals surface area contributed by atoms with Crippen LogP contribution in [0.25, 0.3) is 0 Å². The molecule has 1 rings (SSSR count). The molecule has 0 bridgehead atoms. The zero-order valence-electron chi connectivity index (χ0n) is 9.38. The lowest BCUT2D eigenvalue weighted by Gasteiger charge is -2.16. The Hall–Kier alpha value is -1.30. The summed E-state index contributed by atoms with van der Waals surface area (Å²) in [5.74, 6) is -1.25. The van der Waals surface area contributed by atoms with Gasteiger partial charge in [0.25, 0.3) is 0 Å². The number of carbonyl (C=O) groups is 1. The molecule has 0 fully saturated rings. The number of carboxylic acids is 1. The summed E-state index contributed by atoms with van der Waals surface area (Å²) in [5, 5.41) is 27.5. The van der Waals surface area contributed by atoms with Crippen LogP contribution in [0.15, 0.2) is 12.1 Å². The first-order chi connectivity index (χ1) is 7.49. The summed E-state index contributed by atoms with van der Waals surface area (Å²) in [6.07, 6.45) is 0.206. The monoisotopic (exact) mass is 261 g/mol. The minimum absolute atomic E-state index is 0. The van der Waals surface area contributed by atoms with Gasteiger partial charge in [-0.3, -0.25) is 0 Å². The van der Waals surface area contributed by atoms with Gasteiger partial charge in [0.15, 0.2) is 0 Å². The van der Waals surface area contributed by atoms with E-state index in [2.05, 4.69) is 0 Å². The summed E-state index contributed by atoms with van der Waals surface area (Å²) >= 11 is 0. The van der Waals surface area contributed by atoms with E-state index in [0.29, 0.717) is 5.56 Å². The lowest BCUT2D eigenvalue weighted by molar-refractivity contribution is 0.0694. The van der Waals surface area contributed by atoms with Crippen molar-refractivity contribution in [3.05, 3.63) is 28.8 Å². The van der Waals surface area contributed by atoms with Gasteiger partial charge in [-0.25, -0.2) is 4.79 Å². The van der Waals surface area contributed by atoms with Gasteiger partial charge in [0, 0.05) is 18.2 Å². The standard InChI is InChI=1S/C11H15NO4.ClH/c1-6-2-3-7(11(15)16)9(10(6)14)8(12)4-5-13;/h2-3,8,13-14H,4-5,12H2,1H3,(H,15,16);1H/t8-;/m0./s1. The predicted octanol–water partition coefficient (Wildman–Crippen LogP) is 1.20. The van der Waals surface area contributed by atoms with E-state index in [4.69, 9.17) is 15.9 Å². The van der Waals surface area contributed by atoms with Gasteiger partial charge in [-0.05, 0) is 25.0 Å². The minimum atomic E-state index is -1.14. The summed E-state index contributed by atoms with van der Waals surface area (Å²) in [5.41, 5.74) is 6.45. The first kappa shape index (κ1) is 15.7. The molecule has 0 saturated carbocycles. The first-order valence-electron chi connectivity index (χ1n) is 4.91. The van der Waals surface area contributed by atoms with E-state index in [1.54, 1.807) is 6.92 Å². The normalized spacial score (nSPS) is 11.7. The zero-order chi connectivity index (χ0) is 12.3. The second-order valence-corrected chi connectivity index (χ2v) is 3.62. The maximum absolute atomic E-state index is 11.0. The average Bonchev–Trinajstić information content (AvgIpc) is 2.21. The van der Waals surface area contributed by atoms with E-state index in [9.17, 15) is 9.90 Å². The summed E-state index contributed by atoms with van der Waals surface area (Å²) in [6, 6.07) is 2.24. The quantitative estimate of drug-likeness (QED) is 0.652. The molecule has 0 amide bonds. The molecule has 0 aliphatic rings. The van der Waals surface area contributed by atoms with Crippen molar-refractivity contribution < 1.29 is 20.1 Å². The van der Waals surface area contributed by atoms with Gasteiger partial charge in [0.2, 0.25) is 0 Å². The van der Waals surface area contributed by atoms with Gasteiger partial charge in [-0.1, -0.05) is 6.07 Å². The molecule has 0 saturated heterocycles. The van der Waals surface area contributed by atoms with Crippen LogP contribution in [-0.2, 0) is 0 Å². The average molecular weight is 262 g/mol. The van der Waals surface area contributed by atoms with Crippen LogP contribution in [0.5, 0.6) is 5.75 Å². The molecule has 0 radical (unpaired) electrons. The summed E-state index contributed by atoms with van der Waals surface area (Å²) in [4.78, 5) is 11.0. The number of aromatic hydroxyl groups is 1. The van der Waals surface area contributed by atoms with Crippen LogP contribution in [0.3, 0.4) is 0 Å². The SMILES string of the molecule is Cc1ccc(C(=O)O)c([C@@H](N)CCO)c1O.Cl. The number of phenolic OH excluding ortho intramolecular Hbond substituents is 1. The molecule has 0 aromatic heterocycles. The molecule has 0 aliphatic heterocycles. The van der Waals surface area contributed by atoms with Crippen molar-refractivity contribution in [2.75, 3.05) is 6.61 Å². The molecule has 0 spiro atoms. The van der Waals surface area contributed by atoms with Crippen molar-refractivity contribution in [2.45, 2.75) is 19.4 Å². The Balaban J connectivity index is 0.00000256. The number of carboxylic acid groups (broad SMARTS) is 1. The smallest absolute Gasteiger partial charge is 0.336 e. The number of benzene rings is 1. The third-order valence-corrected chi connectivity index (χ3v) is 2.46. The molecule has 96 valence electrons. The largest absolute Gasteiger partial charge is 0.507 e. The Morgan fingerprint density at radius 3 is 2.53 bits per heavy atom. The highest BCUT2D eigenvalue weighted by Gasteiger charge is 2.20. The highest BCUT2D eigenvalue weighted by molar-refractivity contribution is 5.90. The van der Waals surface area contributed by atoms with E-state index in [0.717, 1.165) is 0 Å². The van der Waals surface area contributed by atoms with Crippen LogP contribution in [-0.4, -0.2) is 27.9 Å². The van der Waals surface area contributed by atoms with Crippen LogP contribution < -0.4 is 5.73 Å². The molecule has 0 aliphatic carbocycles. The van der Waals surface area contributed by atoms with E-state index in [1.165, 1.54) is 12.1 Å². The third-order valence-electron chi connectivity index (χ3n) is 2.46. The molecular weight excluding hydrogens is 246 g/mol. The molecule has 1 atom stereocenters. The Labute approximate surface area is 105 Å². The lowest BCUT2D eigenvalue weighted by atomic mass is 9.95. The number of aryl methyl sites for hydroxylation is 1. The van der Waals surface area contributed by atoms with Crippen molar-refractivity contribution in [2.24, 2.45) is 5.73 Å². The van der Waals surface area contributed by atoms with Crippen LogP contribution in [0.4, 0.5) is 0 Å². The molecule has 0 heterocycles. The Bertz CT molecular complexity index is 409. The fraction of sp³-hybridized carbons (Fsp3) is 0.364. The van der Waals surface area contributed by atoms with Gasteiger partial charge in [0.05, 0.1) is 5.56 Å². The number of rotatable bonds is 4. The topological polar surface area (TPSA) is 104 Å². The van der Waals surface area contributed by atoms with Gasteiger partial charge < -0.3 is 21.1 Å². The number of hydrogen-bond donors (Lipinski definition) is 4. The maximum Gasteiger partial charge on any atom is 0.336 e. The van der Waals surface area contributed by atoms with Gasteiger partial charge >= 0.3 is 5.97 Å². The molecule has 1 aromatic carbocycles. The molecule has 1 aromatic rings. The Morgan fingerprint density at radius 1 is 1.47 bits per heavy atom. The van der Waals surface area contributed by atoms with Gasteiger partial charge in [-0.15, -0.1) is 12.4 Å². The fourth-order valence-electron chi connectivity index (χ4n) is 1.56. The van der Waals surface area contributed by atoms with Crippen molar-refractivity contribution in [3.8, 4) is 5.75 Å².